The molecule has 0 spiro atoms. The standard InChI is InChI=1S/C29H29NO7/c1-33-19-11-9-18(10-12-19)29-24(17-7-5-4-6-8-17)23-26(36-14-13-30-27(23)31)28(29,32)25-21(35-3)15-20(34-2)16-22(25)37-29/h4-12,15-16,23-24,26,32H,13-14H2,1-3H3,(H,30,31)/t23?,24-,26?,28?,29?/m1/s1. The molecule has 1 aliphatic carbocycles. The van der Waals surface area contributed by atoms with E-state index in [9.17, 15) is 9.90 Å². The third-order valence-electron chi connectivity index (χ3n) is 7.93. The van der Waals surface area contributed by atoms with Gasteiger partial charge in [-0.3, -0.25) is 4.79 Å². The summed E-state index contributed by atoms with van der Waals surface area (Å²) >= 11 is 0. The minimum Gasteiger partial charge on any atom is -0.497 e. The molecule has 2 N–H and O–H groups in total. The van der Waals surface area contributed by atoms with Gasteiger partial charge in [-0.25, -0.2) is 0 Å². The predicted molar refractivity (Wildman–Crippen MR) is 134 cm³/mol. The van der Waals surface area contributed by atoms with E-state index in [1.165, 1.54) is 7.11 Å². The molecule has 1 saturated carbocycles. The highest BCUT2D eigenvalue weighted by Gasteiger charge is 2.78. The van der Waals surface area contributed by atoms with Gasteiger partial charge in [0.1, 0.15) is 29.1 Å². The summed E-state index contributed by atoms with van der Waals surface area (Å²) in [6.07, 6.45) is -0.911. The van der Waals surface area contributed by atoms with Crippen molar-refractivity contribution in [2.45, 2.75) is 23.2 Å². The fourth-order valence-electron chi connectivity index (χ4n) is 6.47. The van der Waals surface area contributed by atoms with E-state index >= 15 is 0 Å². The van der Waals surface area contributed by atoms with E-state index in [0.29, 0.717) is 40.7 Å². The summed E-state index contributed by atoms with van der Waals surface area (Å²) < 4.78 is 29.9. The molecule has 2 fully saturated rings. The van der Waals surface area contributed by atoms with Crippen molar-refractivity contribution in [3.05, 3.63) is 83.4 Å². The molecule has 4 unspecified atom stereocenters. The zero-order valence-electron chi connectivity index (χ0n) is 20.9. The van der Waals surface area contributed by atoms with Crippen LogP contribution in [0.25, 0.3) is 0 Å². The van der Waals surface area contributed by atoms with Gasteiger partial charge in [-0.05, 0) is 23.3 Å². The van der Waals surface area contributed by atoms with Crippen LogP contribution in [0.2, 0.25) is 0 Å². The van der Waals surface area contributed by atoms with Crippen LogP contribution in [-0.2, 0) is 20.7 Å². The molecule has 6 rings (SSSR count). The maximum atomic E-state index is 13.7. The number of ether oxygens (including phenoxy) is 5. The second-order valence-corrected chi connectivity index (χ2v) is 9.53. The van der Waals surface area contributed by atoms with Crippen molar-refractivity contribution in [2.24, 2.45) is 5.92 Å². The van der Waals surface area contributed by atoms with Gasteiger partial charge in [0, 0.05) is 24.6 Å². The minimum absolute atomic E-state index is 0.190. The molecule has 8 nitrogen and oxygen atoms in total. The normalized spacial score (nSPS) is 29.7. The van der Waals surface area contributed by atoms with Gasteiger partial charge in [-0.1, -0.05) is 42.5 Å². The Balaban J connectivity index is 1.71. The van der Waals surface area contributed by atoms with Gasteiger partial charge in [-0.2, -0.15) is 0 Å². The first-order valence-corrected chi connectivity index (χ1v) is 12.3. The van der Waals surface area contributed by atoms with Crippen molar-refractivity contribution in [2.75, 3.05) is 34.5 Å². The number of hydrogen-bond acceptors (Lipinski definition) is 7. The Morgan fingerprint density at radius 2 is 1.68 bits per heavy atom. The van der Waals surface area contributed by atoms with Crippen molar-refractivity contribution >= 4 is 5.91 Å². The van der Waals surface area contributed by atoms with Crippen LogP contribution in [0.5, 0.6) is 23.0 Å². The lowest BCUT2D eigenvalue weighted by Crippen LogP contribution is -2.52. The van der Waals surface area contributed by atoms with Crippen LogP contribution in [-0.4, -0.2) is 51.6 Å². The molecule has 0 radical (unpaired) electrons. The van der Waals surface area contributed by atoms with Crippen molar-refractivity contribution in [1.29, 1.82) is 0 Å². The molecule has 0 bridgehead atoms. The molecule has 3 aromatic carbocycles. The van der Waals surface area contributed by atoms with Gasteiger partial charge in [0.25, 0.3) is 0 Å². The number of fused-ring (bicyclic) bond motifs is 5. The van der Waals surface area contributed by atoms with E-state index in [1.54, 1.807) is 26.4 Å². The number of rotatable bonds is 5. The Kier molecular flexibility index (Phi) is 5.54. The molecule has 3 aliphatic rings. The van der Waals surface area contributed by atoms with Crippen LogP contribution in [0.1, 0.15) is 22.6 Å². The summed E-state index contributed by atoms with van der Waals surface area (Å²) in [5.41, 5.74) is -1.22. The average Bonchev–Trinajstić information content (AvgIpc) is 3.22. The molecular formula is C29H29NO7. The second kappa shape index (κ2) is 8.68. The lowest BCUT2D eigenvalue weighted by molar-refractivity contribution is -0.167. The molecule has 1 saturated heterocycles. The van der Waals surface area contributed by atoms with Crippen LogP contribution in [0, 0.1) is 5.92 Å². The third-order valence-corrected chi connectivity index (χ3v) is 7.93. The van der Waals surface area contributed by atoms with Gasteiger partial charge in [-0.15, -0.1) is 0 Å². The van der Waals surface area contributed by atoms with Gasteiger partial charge >= 0.3 is 0 Å². The molecule has 3 aromatic rings. The zero-order valence-corrected chi connectivity index (χ0v) is 20.9. The summed E-state index contributed by atoms with van der Waals surface area (Å²) in [6.45, 7) is 0.607. The molecule has 8 heteroatoms. The molecule has 37 heavy (non-hydrogen) atoms. The molecule has 2 heterocycles. The SMILES string of the molecule is COc1ccc(C23Oc4cc(OC)cc(OC)c4C2(O)C2OCCNC(=O)C2[C@H]3c2ccccc2)cc1. The van der Waals surface area contributed by atoms with Crippen LogP contribution in [0.4, 0.5) is 0 Å². The van der Waals surface area contributed by atoms with E-state index in [0.717, 1.165) is 5.56 Å². The number of hydrogen-bond donors (Lipinski definition) is 2. The Labute approximate surface area is 215 Å². The molecule has 2 aliphatic heterocycles. The Morgan fingerprint density at radius 1 is 0.946 bits per heavy atom. The monoisotopic (exact) mass is 503 g/mol. The van der Waals surface area contributed by atoms with Crippen LogP contribution in [0.15, 0.2) is 66.7 Å². The summed E-state index contributed by atoms with van der Waals surface area (Å²) in [7, 11) is 4.70. The van der Waals surface area contributed by atoms with E-state index in [2.05, 4.69) is 5.32 Å². The average molecular weight is 504 g/mol. The fraction of sp³-hybridized carbons (Fsp3) is 0.345. The van der Waals surface area contributed by atoms with E-state index in [4.69, 9.17) is 23.7 Å². The van der Waals surface area contributed by atoms with Crippen LogP contribution < -0.4 is 24.3 Å². The Hall–Kier alpha value is -3.75. The largest absolute Gasteiger partial charge is 0.497 e. The number of methoxy groups -OCH3 is 3. The number of nitrogens with one attached hydrogen (secondary N) is 1. The molecule has 0 aromatic heterocycles. The summed E-state index contributed by atoms with van der Waals surface area (Å²) in [4.78, 5) is 13.7. The quantitative estimate of drug-likeness (QED) is 0.553. The fourth-order valence-corrected chi connectivity index (χ4v) is 6.47. The number of amides is 1. The summed E-state index contributed by atoms with van der Waals surface area (Å²) in [5.74, 6) is 0.474. The minimum atomic E-state index is -1.78. The molecular weight excluding hydrogens is 474 g/mol. The number of carbonyl (C=O) groups excluding carboxylic acids is 1. The second-order valence-electron chi connectivity index (χ2n) is 9.53. The lowest BCUT2D eigenvalue weighted by Gasteiger charge is -2.41. The molecule has 192 valence electrons. The topological polar surface area (TPSA) is 95.5 Å². The van der Waals surface area contributed by atoms with Crippen molar-refractivity contribution < 1.29 is 33.6 Å². The highest BCUT2D eigenvalue weighted by molar-refractivity contribution is 5.83. The molecule has 1 amide bonds. The first-order chi connectivity index (χ1) is 18.0. The van der Waals surface area contributed by atoms with E-state index in [1.807, 2.05) is 54.6 Å². The maximum Gasteiger partial charge on any atom is 0.226 e. The van der Waals surface area contributed by atoms with Crippen molar-refractivity contribution in [3.63, 3.8) is 0 Å². The first-order valence-electron chi connectivity index (χ1n) is 12.3. The van der Waals surface area contributed by atoms with Gasteiger partial charge in [0.15, 0.2) is 11.2 Å². The number of carbonyl (C=O) groups is 1. The highest BCUT2D eigenvalue weighted by atomic mass is 16.6. The zero-order chi connectivity index (χ0) is 25.8. The maximum absolute atomic E-state index is 13.7. The van der Waals surface area contributed by atoms with Crippen molar-refractivity contribution in [3.8, 4) is 23.0 Å². The van der Waals surface area contributed by atoms with Crippen LogP contribution in [0.3, 0.4) is 0 Å². The number of aliphatic hydroxyl groups is 1. The van der Waals surface area contributed by atoms with E-state index in [-0.39, 0.29) is 12.5 Å². The Bertz CT molecular complexity index is 1330. The van der Waals surface area contributed by atoms with Crippen LogP contribution >= 0.6 is 0 Å². The van der Waals surface area contributed by atoms with Crippen molar-refractivity contribution in [1.82, 2.24) is 5.32 Å². The van der Waals surface area contributed by atoms with E-state index < -0.39 is 29.1 Å². The summed E-state index contributed by atoms with van der Waals surface area (Å²) in [5, 5.41) is 16.1. The lowest BCUT2D eigenvalue weighted by atomic mass is 9.70. The van der Waals surface area contributed by atoms with Gasteiger partial charge in [0.05, 0.1) is 39.4 Å². The predicted octanol–water partition coefficient (Wildman–Crippen LogP) is 3.12. The van der Waals surface area contributed by atoms with Gasteiger partial charge in [0.2, 0.25) is 5.91 Å². The summed E-state index contributed by atoms with van der Waals surface area (Å²) in [6, 6.07) is 20.5. The number of benzene rings is 3. The highest BCUT2D eigenvalue weighted by Crippen LogP contribution is 2.71. The van der Waals surface area contributed by atoms with Gasteiger partial charge < -0.3 is 34.1 Å². The first kappa shape index (κ1) is 23.6. The Morgan fingerprint density at radius 3 is 2.35 bits per heavy atom. The molecule has 5 atom stereocenters. The smallest absolute Gasteiger partial charge is 0.226 e. The third kappa shape index (κ3) is 3.12.